The molecule has 3 rings (SSSR count). The highest BCUT2D eigenvalue weighted by molar-refractivity contribution is 5.94. The Hall–Kier alpha value is -2.44. The lowest BCUT2D eigenvalue weighted by molar-refractivity contribution is 0.0289. The Kier molecular flexibility index (Phi) is 4.03. The number of carbonyl (C=O) groups is 2. The highest BCUT2D eigenvalue weighted by atomic mass is 16.6. The average molecular weight is 330 g/mol. The van der Waals surface area contributed by atoms with Crippen LogP contribution in [0.25, 0.3) is 11.2 Å². The van der Waals surface area contributed by atoms with Gasteiger partial charge in [0.15, 0.2) is 17.3 Å². The number of hydrogen-bond acceptors (Lipinski definition) is 5. The number of imidazole rings is 1. The Bertz CT molecular complexity index is 791. The third kappa shape index (κ3) is 3.11. The van der Waals surface area contributed by atoms with E-state index in [0.717, 1.165) is 6.42 Å². The van der Waals surface area contributed by atoms with Crippen LogP contribution in [0.15, 0.2) is 18.3 Å². The second-order valence-corrected chi connectivity index (χ2v) is 7.08. The fraction of sp³-hybridized carbons (Fsp3) is 0.529. The summed E-state index contributed by atoms with van der Waals surface area (Å²) in [5.74, 6) is 0.281. The number of likely N-dealkylation sites (tertiary alicyclic amines) is 1. The van der Waals surface area contributed by atoms with E-state index in [2.05, 4.69) is 9.97 Å². The zero-order valence-corrected chi connectivity index (χ0v) is 14.4. The first-order valence-corrected chi connectivity index (χ1v) is 8.08. The number of nitrogens with zero attached hydrogens (tertiary/aromatic N) is 4. The van der Waals surface area contributed by atoms with Gasteiger partial charge in [-0.2, -0.15) is 0 Å². The van der Waals surface area contributed by atoms with Crippen molar-refractivity contribution in [3.63, 3.8) is 0 Å². The zero-order chi connectivity index (χ0) is 17.5. The van der Waals surface area contributed by atoms with Gasteiger partial charge in [0.1, 0.15) is 11.1 Å². The number of amides is 1. The van der Waals surface area contributed by atoms with Crippen molar-refractivity contribution in [3.8, 4) is 0 Å². The van der Waals surface area contributed by atoms with E-state index in [9.17, 15) is 9.59 Å². The van der Waals surface area contributed by atoms with Gasteiger partial charge >= 0.3 is 6.09 Å². The molecule has 0 aliphatic carbocycles. The summed E-state index contributed by atoms with van der Waals surface area (Å²) in [6, 6.07) is 3.60. The molecule has 0 radical (unpaired) electrons. The number of ether oxygens (including phenoxy) is 1. The summed E-state index contributed by atoms with van der Waals surface area (Å²) in [6.45, 7) is 8.11. The molecule has 0 bridgehead atoms. The van der Waals surface area contributed by atoms with Crippen molar-refractivity contribution in [1.82, 2.24) is 19.4 Å². The van der Waals surface area contributed by atoms with Gasteiger partial charge in [0.2, 0.25) is 0 Å². The van der Waals surface area contributed by atoms with Crippen molar-refractivity contribution < 1.29 is 14.3 Å². The molecule has 128 valence electrons. The van der Waals surface area contributed by atoms with E-state index in [0.29, 0.717) is 30.1 Å². The van der Waals surface area contributed by atoms with Crippen molar-refractivity contribution >= 4 is 23.0 Å². The van der Waals surface area contributed by atoms with Gasteiger partial charge in [0, 0.05) is 26.2 Å². The molecular weight excluding hydrogens is 308 g/mol. The molecule has 7 heteroatoms. The summed E-state index contributed by atoms with van der Waals surface area (Å²) in [4.78, 5) is 34.7. The van der Waals surface area contributed by atoms with Crippen molar-refractivity contribution in [2.45, 2.75) is 45.8 Å². The van der Waals surface area contributed by atoms with Crippen LogP contribution in [-0.4, -0.2) is 50.0 Å². The molecular formula is C17H22N4O3. The monoisotopic (exact) mass is 330 g/mol. The van der Waals surface area contributed by atoms with Gasteiger partial charge in [0.05, 0.1) is 6.04 Å². The molecule has 1 fully saturated rings. The fourth-order valence-electron chi connectivity index (χ4n) is 2.97. The lowest BCUT2D eigenvalue weighted by Crippen LogP contribution is -2.35. The second kappa shape index (κ2) is 5.89. The van der Waals surface area contributed by atoms with Crippen LogP contribution in [0.1, 0.15) is 50.8 Å². The number of Topliss-reactive ketones (excluding diaryl/α,β-unsaturated/α-hetero) is 1. The maximum Gasteiger partial charge on any atom is 0.410 e. The van der Waals surface area contributed by atoms with E-state index >= 15 is 0 Å². The minimum Gasteiger partial charge on any atom is -0.444 e. The lowest BCUT2D eigenvalue weighted by atomic mass is 10.2. The molecule has 0 unspecified atom stereocenters. The Morgan fingerprint density at radius 1 is 1.33 bits per heavy atom. The van der Waals surface area contributed by atoms with E-state index in [4.69, 9.17) is 4.74 Å². The lowest BCUT2D eigenvalue weighted by Gasteiger charge is -2.24. The molecule has 2 aromatic heterocycles. The van der Waals surface area contributed by atoms with Crippen LogP contribution < -0.4 is 0 Å². The molecule has 1 atom stereocenters. The molecule has 24 heavy (non-hydrogen) atoms. The maximum atomic E-state index is 12.3. The molecule has 0 N–H and O–H groups in total. The van der Waals surface area contributed by atoms with Crippen molar-refractivity contribution in [2.24, 2.45) is 0 Å². The third-order valence-corrected chi connectivity index (χ3v) is 3.94. The fourth-order valence-corrected chi connectivity index (χ4v) is 2.97. The number of rotatable bonds is 2. The third-order valence-electron chi connectivity index (χ3n) is 3.94. The Balaban J connectivity index is 1.88. The molecule has 1 amide bonds. The van der Waals surface area contributed by atoms with E-state index in [1.54, 1.807) is 17.2 Å². The Morgan fingerprint density at radius 2 is 2.08 bits per heavy atom. The number of hydrogen-bond donors (Lipinski definition) is 0. The van der Waals surface area contributed by atoms with Crippen LogP contribution in [0.3, 0.4) is 0 Å². The first kappa shape index (κ1) is 16.4. The zero-order valence-electron chi connectivity index (χ0n) is 14.4. The summed E-state index contributed by atoms with van der Waals surface area (Å²) >= 11 is 0. The van der Waals surface area contributed by atoms with Crippen molar-refractivity contribution in [1.29, 1.82) is 0 Å². The Labute approximate surface area is 140 Å². The molecule has 0 aromatic carbocycles. The SMILES string of the molecule is CC(=O)c1nc2cccnc2n1[C@@H]1CCN(C(=O)OC(C)(C)C)C1. The van der Waals surface area contributed by atoms with E-state index in [1.807, 2.05) is 31.4 Å². The molecule has 2 aromatic rings. The number of carbonyl (C=O) groups excluding carboxylic acids is 2. The van der Waals surface area contributed by atoms with Gasteiger partial charge in [-0.05, 0) is 39.3 Å². The predicted octanol–water partition coefficient (Wildman–Crippen LogP) is 2.82. The summed E-state index contributed by atoms with van der Waals surface area (Å²) in [7, 11) is 0. The largest absolute Gasteiger partial charge is 0.444 e. The predicted molar refractivity (Wildman–Crippen MR) is 89.0 cm³/mol. The van der Waals surface area contributed by atoms with Gasteiger partial charge in [0.25, 0.3) is 0 Å². The number of aromatic nitrogens is 3. The van der Waals surface area contributed by atoms with Crippen LogP contribution in [0, 0.1) is 0 Å². The summed E-state index contributed by atoms with van der Waals surface area (Å²) in [6.07, 6.45) is 2.10. The van der Waals surface area contributed by atoms with Gasteiger partial charge in [-0.3, -0.25) is 4.79 Å². The Morgan fingerprint density at radius 3 is 2.75 bits per heavy atom. The van der Waals surface area contributed by atoms with Crippen molar-refractivity contribution in [2.75, 3.05) is 13.1 Å². The van der Waals surface area contributed by atoms with Gasteiger partial charge in [-0.1, -0.05) is 0 Å². The quantitative estimate of drug-likeness (QED) is 0.791. The number of fused-ring (bicyclic) bond motifs is 1. The average Bonchev–Trinajstić information content (AvgIpc) is 3.09. The first-order chi connectivity index (χ1) is 11.3. The van der Waals surface area contributed by atoms with Crippen LogP contribution in [-0.2, 0) is 4.74 Å². The van der Waals surface area contributed by atoms with Crippen LogP contribution >= 0.6 is 0 Å². The maximum absolute atomic E-state index is 12.3. The van der Waals surface area contributed by atoms with Crippen LogP contribution in [0.5, 0.6) is 0 Å². The molecule has 0 saturated carbocycles. The molecule has 0 spiro atoms. The molecule has 1 aliphatic rings. The summed E-state index contributed by atoms with van der Waals surface area (Å²) < 4.78 is 7.30. The van der Waals surface area contributed by atoms with Crippen LogP contribution in [0.2, 0.25) is 0 Å². The topological polar surface area (TPSA) is 77.3 Å². The molecule has 3 heterocycles. The first-order valence-electron chi connectivity index (χ1n) is 8.08. The van der Waals surface area contributed by atoms with Crippen LogP contribution in [0.4, 0.5) is 4.79 Å². The van der Waals surface area contributed by atoms with Crippen molar-refractivity contribution in [3.05, 3.63) is 24.2 Å². The van der Waals surface area contributed by atoms with Gasteiger partial charge in [-0.15, -0.1) is 0 Å². The molecule has 7 nitrogen and oxygen atoms in total. The highest BCUT2D eigenvalue weighted by Gasteiger charge is 2.33. The standard InChI is InChI=1S/C17H22N4O3/c1-11(22)14-19-13-6-5-8-18-15(13)21(14)12-7-9-20(10-12)16(23)24-17(2,3)4/h5-6,8,12H,7,9-10H2,1-4H3/t12-/m1/s1. The molecule has 1 saturated heterocycles. The van der Waals surface area contributed by atoms with Gasteiger partial charge < -0.3 is 14.2 Å². The minimum atomic E-state index is -0.525. The highest BCUT2D eigenvalue weighted by Crippen LogP contribution is 2.28. The van der Waals surface area contributed by atoms with Gasteiger partial charge in [-0.25, -0.2) is 14.8 Å². The summed E-state index contributed by atoms with van der Waals surface area (Å²) in [5.41, 5.74) is 0.848. The van der Waals surface area contributed by atoms with E-state index < -0.39 is 5.60 Å². The number of pyridine rings is 1. The summed E-state index contributed by atoms with van der Waals surface area (Å²) in [5, 5.41) is 0. The minimum absolute atomic E-state index is 0.0312. The second-order valence-electron chi connectivity index (χ2n) is 7.08. The normalized spacial score (nSPS) is 18.2. The molecule has 1 aliphatic heterocycles. The van der Waals surface area contributed by atoms with E-state index in [1.165, 1.54) is 6.92 Å². The smallest absolute Gasteiger partial charge is 0.410 e. The van der Waals surface area contributed by atoms with E-state index in [-0.39, 0.29) is 17.9 Å². The number of ketones is 1.